The summed E-state index contributed by atoms with van der Waals surface area (Å²) in [7, 11) is 0. The fraction of sp³-hybridized carbons (Fsp3) is 0.765. The zero-order chi connectivity index (χ0) is 21.7. The third-order valence-corrected chi connectivity index (χ3v) is 4.54. The van der Waals surface area contributed by atoms with Gasteiger partial charge in [0.2, 0.25) is 12.4 Å². The number of aliphatic hydroxyl groups is 2. The quantitative estimate of drug-likeness (QED) is 0.343. The predicted molar refractivity (Wildman–Crippen MR) is 91.6 cm³/mol. The molecule has 2 rings (SSSR count). The van der Waals surface area contributed by atoms with Gasteiger partial charge < -0.3 is 24.4 Å². The summed E-state index contributed by atoms with van der Waals surface area (Å²) in [4.78, 5) is 47.4. The third kappa shape index (κ3) is 5.40. The summed E-state index contributed by atoms with van der Waals surface area (Å²) >= 11 is 0. The van der Waals surface area contributed by atoms with Gasteiger partial charge >= 0.3 is 18.0 Å². The highest BCUT2D eigenvalue weighted by Crippen LogP contribution is 2.29. The fourth-order valence-electron chi connectivity index (χ4n) is 3.01. The molecule has 164 valence electrons. The van der Waals surface area contributed by atoms with E-state index in [4.69, 9.17) is 14.2 Å². The first-order valence-corrected chi connectivity index (χ1v) is 9.29. The molecule has 3 N–H and O–H groups in total. The van der Waals surface area contributed by atoms with Crippen LogP contribution in [0.2, 0.25) is 0 Å². The number of carbonyl (C=O) groups is 4. The highest BCUT2D eigenvalue weighted by atomic mass is 19.1. The van der Waals surface area contributed by atoms with Gasteiger partial charge in [-0.3, -0.25) is 24.6 Å². The van der Waals surface area contributed by atoms with Crippen LogP contribution in [0.25, 0.3) is 0 Å². The Hall–Kier alpha value is -2.31. The van der Waals surface area contributed by atoms with Crippen molar-refractivity contribution in [1.29, 1.82) is 0 Å². The SMILES string of the molecule is CCCCCC(=O)OC1C(F)C(=O)NC(=O)N1[C@@H]1O[C@H](COC(C)=O)[C@@H](O)[C@H]1O. The lowest BCUT2D eigenvalue weighted by atomic mass is 10.1. The van der Waals surface area contributed by atoms with Crippen molar-refractivity contribution in [1.82, 2.24) is 10.2 Å². The minimum Gasteiger partial charge on any atom is -0.463 e. The van der Waals surface area contributed by atoms with E-state index in [2.05, 4.69) is 0 Å². The lowest BCUT2D eigenvalue weighted by Gasteiger charge is -2.39. The lowest BCUT2D eigenvalue weighted by Crippen LogP contribution is -2.67. The van der Waals surface area contributed by atoms with Crippen molar-refractivity contribution < 1.29 is 48.0 Å². The molecule has 29 heavy (non-hydrogen) atoms. The second-order valence-corrected chi connectivity index (χ2v) is 6.79. The van der Waals surface area contributed by atoms with Crippen molar-refractivity contribution in [3.63, 3.8) is 0 Å². The van der Waals surface area contributed by atoms with Crippen molar-refractivity contribution >= 4 is 23.9 Å². The number of hydrogen-bond donors (Lipinski definition) is 3. The van der Waals surface area contributed by atoms with Gasteiger partial charge in [0.05, 0.1) is 0 Å². The molecule has 11 nitrogen and oxygen atoms in total. The maximum Gasteiger partial charge on any atom is 0.329 e. The Labute approximate surface area is 166 Å². The van der Waals surface area contributed by atoms with Crippen LogP contribution in [0.1, 0.15) is 39.5 Å². The largest absolute Gasteiger partial charge is 0.463 e. The number of alkyl halides is 1. The number of imide groups is 1. The van der Waals surface area contributed by atoms with Gasteiger partial charge in [0.1, 0.15) is 24.9 Å². The standard InChI is InChI=1S/C17H25FN2O9/c1-3-4-5-6-10(22)29-15-11(18)14(25)19-17(26)20(15)16-13(24)12(23)9(28-16)7-27-8(2)21/h9,11-13,15-16,23-24H,3-7H2,1-2H3,(H,19,25,26)/t9-,11?,12-,13-,15?,16-/m1/s1. The van der Waals surface area contributed by atoms with Crippen molar-refractivity contribution in [3.8, 4) is 0 Å². The predicted octanol–water partition coefficient (Wildman–Crippen LogP) is -0.664. The zero-order valence-corrected chi connectivity index (χ0v) is 16.1. The van der Waals surface area contributed by atoms with Crippen molar-refractivity contribution in [2.24, 2.45) is 0 Å². The van der Waals surface area contributed by atoms with Crippen LogP contribution in [0.5, 0.6) is 0 Å². The number of urea groups is 1. The van der Waals surface area contributed by atoms with E-state index in [0.29, 0.717) is 11.3 Å². The number of nitrogens with one attached hydrogen (secondary N) is 1. The number of nitrogens with zero attached hydrogens (tertiary/aromatic N) is 1. The number of ether oxygens (including phenoxy) is 3. The molecule has 0 aliphatic carbocycles. The van der Waals surface area contributed by atoms with E-state index in [-0.39, 0.29) is 6.42 Å². The van der Waals surface area contributed by atoms with Crippen LogP contribution >= 0.6 is 0 Å². The van der Waals surface area contributed by atoms with Crippen molar-refractivity contribution in [2.75, 3.05) is 6.61 Å². The summed E-state index contributed by atoms with van der Waals surface area (Å²) in [6.07, 6.45) is -8.60. The van der Waals surface area contributed by atoms with Gasteiger partial charge in [-0.2, -0.15) is 0 Å². The van der Waals surface area contributed by atoms with E-state index in [0.717, 1.165) is 19.8 Å². The van der Waals surface area contributed by atoms with Gasteiger partial charge in [-0.05, 0) is 6.42 Å². The molecule has 0 spiro atoms. The molecule has 0 aromatic carbocycles. The van der Waals surface area contributed by atoms with Gasteiger partial charge in [-0.15, -0.1) is 0 Å². The molecule has 2 heterocycles. The van der Waals surface area contributed by atoms with Crippen LogP contribution in [0, 0.1) is 0 Å². The van der Waals surface area contributed by atoms with Gasteiger partial charge in [0.15, 0.2) is 6.23 Å². The summed E-state index contributed by atoms with van der Waals surface area (Å²) in [6, 6.07) is -1.17. The molecule has 0 aromatic heterocycles. The average Bonchev–Trinajstić information content (AvgIpc) is 2.93. The van der Waals surface area contributed by atoms with Crippen LogP contribution in [-0.4, -0.2) is 82.5 Å². The third-order valence-electron chi connectivity index (χ3n) is 4.54. The number of esters is 2. The van der Waals surface area contributed by atoms with Gasteiger partial charge in [0, 0.05) is 13.3 Å². The zero-order valence-electron chi connectivity index (χ0n) is 16.1. The number of amides is 3. The smallest absolute Gasteiger partial charge is 0.329 e. The first kappa shape index (κ1) is 23.0. The van der Waals surface area contributed by atoms with Crippen LogP contribution in [0.3, 0.4) is 0 Å². The molecule has 0 aromatic rings. The maximum absolute atomic E-state index is 14.5. The second kappa shape index (κ2) is 9.94. The Kier molecular flexibility index (Phi) is 7.88. The Morgan fingerprint density at radius 1 is 1.24 bits per heavy atom. The summed E-state index contributed by atoms with van der Waals surface area (Å²) in [6.45, 7) is 2.62. The van der Waals surface area contributed by atoms with Crippen LogP contribution in [-0.2, 0) is 28.6 Å². The molecule has 2 aliphatic heterocycles. The summed E-state index contributed by atoms with van der Waals surface area (Å²) in [5.41, 5.74) is 0. The molecule has 0 saturated carbocycles. The number of rotatable bonds is 8. The van der Waals surface area contributed by atoms with Crippen LogP contribution < -0.4 is 5.32 Å². The van der Waals surface area contributed by atoms with Crippen molar-refractivity contribution in [3.05, 3.63) is 0 Å². The molecule has 2 unspecified atom stereocenters. The normalized spacial score (nSPS) is 32.1. The number of aliphatic hydroxyl groups excluding tert-OH is 2. The Morgan fingerprint density at radius 2 is 1.93 bits per heavy atom. The van der Waals surface area contributed by atoms with Gasteiger partial charge in [-0.1, -0.05) is 19.8 Å². The molecule has 6 atom stereocenters. The highest BCUT2D eigenvalue weighted by molar-refractivity contribution is 5.99. The van der Waals surface area contributed by atoms with E-state index >= 15 is 0 Å². The van der Waals surface area contributed by atoms with E-state index in [1.54, 1.807) is 5.32 Å². The minimum absolute atomic E-state index is 0.0491. The number of unbranched alkanes of at least 4 members (excludes halogenated alkanes) is 2. The van der Waals surface area contributed by atoms with E-state index in [1.165, 1.54) is 0 Å². The Balaban J connectivity index is 2.17. The van der Waals surface area contributed by atoms with Crippen LogP contribution in [0.15, 0.2) is 0 Å². The summed E-state index contributed by atoms with van der Waals surface area (Å²) in [5.74, 6) is -2.80. The molecule has 3 amide bonds. The Morgan fingerprint density at radius 3 is 2.55 bits per heavy atom. The van der Waals surface area contributed by atoms with Gasteiger partial charge in [0.25, 0.3) is 5.91 Å². The number of hydrogen-bond acceptors (Lipinski definition) is 9. The summed E-state index contributed by atoms with van der Waals surface area (Å²) in [5, 5.41) is 22.1. The molecule has 12 heteroatoms. The maximum atomic E-state index is 14.5. The van der Waals surface area contributed by atoms with E-state index < -0.39 is 67.4 Å². The monoisotopic (exact) mass is 420 g/mol. The average molecular weight is 420 g/mol. The lowest BCUT2D eigenvalue weighted by molar-refractivity contribution is -0.192. The first-order chi connectivity index (χ1) is 13.7. The molecule has 2 fully saturated rings. The first-order valence-electron chi connectivity index (χ1n) is 9.29. The molecule has 0 bridgehead atoms. The molecular formula is C17H25FN2O9. The molecular weight excluding hydrogens is 395 g/mol. The topological polar surface area (TPSA) is 152 Å². The number of carbonyl (C=O) groups excluding carboxylic acids is 4. The highest BCUT2D eigenvalue weighted by Gasteiger charge is 2.55. The van der Waals surface area contributed by atoms with Crippen LogP contribution in [0.4, 0.5) is 9.18 Å². The van der Waals surface area contributed by atoms with E-state index in [1.807, 2.05) is 6.92 Å². The van der Waals surface area contributed by atoms with Crippen molar-refractivity contribution in [2.45, 2.75) is 76.5 Å². The molecule has 2 aliphatic rings. The minimum atomic E-state index is -2.43. The van der Waals surface area contributed by atoms with Gasteiger partial charge in [-0.25, -0.2) is 9.18 Å². The Bertz CT molecular complexity index is 646. The summed E-state index contributed by atoms with van der Waals surface area (Å²) < 4.78 is 29.6. The fourth-order valence-corrected chi connectivity index (χ4v) is 3.01. The molecule has 0 radical (unpaired) electrons. The second-order valence-electron chi connectivity index (χ2n) is 6.79. The number of halogens is 1. The molecule has 2 saturated heterocycles. The van der Waals surface area contributed by atoms with E-state index in [9.17, 15) is 33.8 Å².